The average Bonchev–Trinajstić information content (AvgIpc) is 3.01. The number of unbranched alkanes of at least 4 members (excludes halogenated alkanes) is 16. The van der Waals surface area contributed by atoms with Crippen molar-refractivity contribution >= 4 is 5.97 Å². The fourth-order valence-electron chi connectivity index (χ4n) is 5.55. The number of aliphatic hydroxyl groups excluding tert-OH is 2. The van der Waals surface area contributed by atoms with E-state index in [1.54, 1.807) is 0 Å². The molecule has 3 N–H and O–H groups in total. The smallest absolute Gasteiger partial charge is 0.305 e. The normalized spacial score (nSPS) is 11.7. The summed E-state index contributed by atoms with van der Waals surface area (Å²) in [6.45, 7) is 5.66. The van der Waals surface area contributed by atoms with Crippen LogP contribution in [0.2, 0.25) is 0 Å². The first kappa shape index (κ1) is 38.6. The zero-order valence-corrected chi connectivity index (χ0v) is 27.6. The van der Waals surface area contributed by atoms with Gasteiger partial charge in [0.25, 0.3) is 0 Å². The van der Waals surface area contributed by atoms with E-state index in [0.717, 1.165) is 57.9 Å². The maximum absolute atomic E-state index is 12.0. The highest BCUT2D eigenvalue weighted by molar-refractivity contribution is 5.69. The average molecular weight is 590 g/mol. The standard InChI is InChI=1S/C37H67NO4/c1-3-5-7-9-11-12-13-17-21-31-42-36(41)23-19-15-16-20-30-38-37(32-39,33-40)29-28-35-26-24-34(25-27-35)22-18-14-10-8-6-4-2/h24-27,38-40H,3-23,28-33H2,1-2H3. The molecule has 0 saturated heterocycles. The van der Waals surface area contributed by atoms with Gasteiger partial charge >= 0.3 is 5.97 Å². The fraction of sp³-hybridized carbons (Fsp3) is 0.811. The first-order chi connectivity index (χ1) is 20.6. The number of carbonyl (C=O) groups is 1. The molecule has 0 aliphatic rings. The number of nitrogens with one attached hydrogen (secondary N) is 1. The van der Waals surface area contributed by atoms with Crippen LogP contribution in [0.3, 0.4) is 0 Å². The number of aliphatic hydroxyl groups is 2. The molecule has 0 bridgehead atoms. The number of ether oxygens (including phenoxy) is 1. The second kappa shape index (κ2) is 27.1. The number of benzene rings is 1. The SMILES string of the molecule is CCCCCCCCCCCOC(=O)CCCCCCNC(CO)(CO)CCc1ccc(CCCCCCCC)cc1. The highest BCUT2D eigenvalue weighted by Crippen LogP contribution is 2.17. The summed E-state index contributed by atoms with van der Waals surface area (Å²) in [6, 6.07) is 8.88. The highest BCUT2D eigenvalue weighted by Gasteiger charge is 2.27. The van der Waals surface area contributed by atoms with Crippen molar-refractivity contribution in [3.63, 3.8) is 0 Å². The van der Waals surface area contributed by atoms with Crippen LogP contribution in [0.1, 0.15) is 160 Å². The van der Waals surface area contributed by atoms with Gasteiger partial charge in [0.1, 0.15) is 0 Å². The summed E-state index contributed by atoms with van der Waals surface area (Å²) in [5.74, 6) is -0.0669. The molecule has 0 aliphatic carbocycles. The molecular weight excluding hydrogens is 522 g/mol. The van der Waals surface area contributed by atoms with Gasteiger partial charge in [-0.3, -0.25) is 4.79 Å². The molecule has 0 radical (unpaired) electrons. The van der Waals surface area contributed by atoms with E-state index in [1.807, 2.05) is 0 Å². The first-order valence-electron chi connectivity index (χ1n) is 17.8. The number of esters is 1. The molecule has 0 saturated carbocycles. The van der Waals surface area contributed by atoms with Crippen LogP contribution in [-0.4, -0.2) is 48.1 Å². The minimum absolute atomic E-state index is 0.0669. The van der Waals surface area contributed by atoms with Gasteiger partial charge in [-0.05, 0) is 62.6 Å². The van der Waals surface area contributed by atoms with E-state index in [9.17, 15) is 15.0 Å². The molecule has 244 valence electrons. The van der Waals surface area contributed by atoms with Gasteiger partial charge in [0.05, 0.1) is 25.4 Å². The fourth-order valence-corrected chi connectivity index (χ4v) is 5.55. The second-order valence-electron chi connectivity index (χ2n) is 12.6. The second-order valence-corrected chi connectivity index (χ2v) is 12.6. The van der Waals surface area contributed by atoms with Gasteiger partial charge in [0.2, 0.25) is 0 Å². The Labute approximate surface area is 259 Å². The van der Waals surface area contributed by atoms with Crippen LogP contribution >= 0.6 is 0 Å². The molecule has 0 heterocycles. The summed E-state index contributed by atoms with van der Waals surface area (Å²) in [4.78, 5) is 12.0. The van der Waals surface area contributed by atoms with Crippen molar-refractivity contribution in [2.45, 2.75) is 167 Å². The predicted molar refractivity (Wildman–Crippen MR) is 178 cm³/mol. The van der Waals surface area contributed by atoms with Gasteiger partial charge in [-0.2, -0.15) is 0 Å². The molecule has 5 heteroatoms. The zero-order chi connectivity index (χ0) is 30.6. The van der Waals surface area contributed by atoms with Crippen LogP contribution in [0.25, 0.3) is 0 Å². The van der Waals surface area contributed by atoms with E-state index in [1.165, 1.54) is 94.6 Å². The third-order valence-corrected chi connectivity index (χ3v) is 8.66. The summed E-state index contributed by atoms with van der Waals surface area (Å²) >= 11 is 0. The molecule has 1 rings (SSSR count). The molecular formula is C37H67NO4. The minimum atomic E-state index is -0.657. The van der Waals surface area contributed by atoms with E-state index in [-0.39, 0.29) is 19.2 Å². The summed E-state index contributed by atoms with van der Waals surface area (Å²) in [6.07, 6.45) is 26.3. The molecule has 0 aliphatic heterocycles. The predicted octanol–water partition coefficient (Wildman–Crippen LogP) is 8.86. The molecule has 0 amide bonds. The Balaban J connectivity index is 2.10. The van der Waals surface area contributed by atoms with Crippen molar-refractivity contribution in [2.75, 3.05) is 26.4 Å². The van der Waals surface area contributed by atoms with Gasteiger partial charge < -0.3 is 20.3 Å². The van der Waals surface area contributed by atoms with E-state index in [2.05, 4.69) is 43.4 Å². The minimum Gasteiger partial charge on any atom is -0.466 e. The Morgan fingerprint density at radius 3 is 1.69 bits per heavy atom. The zero-order valence-electron chi connectivity index (χ0n) is 27.6. The molecule has 0 atom stereocenters. The van der Waals surface area contributed by atoms with Crippen molar-refractivity contribution in [1.82, 2.24) is 5.32 Å². The van der Waals surface area contributed by atoms with Crippen LogP contribution in [0, 0.1) is 0 Å². The van der Waals surface area contributed by atoms with Gasteiger partial charge in [0, 0.05) is 6.42 Å². The highest BCUT2D eigenvalue weighted by atomic mass is 16.5. The lowest BCUT2D eigenvalue weighted by Gasteiger charge is -2.31. The van der Waals surface area contributed by atoms with Crippen LogP contribution in [-0.2, 0) is 22.4 Å². The van der Waals surface area contributed by atoms with E-state index in [4.69, 9.17) is 4.74 Å². The summed E-state index contributed by atoms with van der Waals surface area (Å²) in [7, 11) is 0. The van der Waals surface area contributed by atoms with Gasteiger partial charge in [-0.25, -0.2) is 0 Å². The van der Waals surface area contributed by atoms with Gasteiger partial charge in [-0.15, -0.1) is 0 Å². The van der Waals surface area contributed by atoms with Crippen LogP contribution in [0.5, 0.6) is 0 Å². The molecule has 0 unspecified atom stereocenters. The van der Waals surface area contributed by atoms with Crippen LogP contribution in [0.15, 0.2) is 24.3 Å². The summed E-state index contributed by atoms with van der Waals surface area (Å²) in [5, 5.41) is 23.6. The van der Waals surface area contributed by atoms with Crippen molar-refractivity contribution < 1.29 is 19.7 Å². The lowest BCUT2D eigenvalue weighted by Crippen LogP contribution is -2.52. The van der Waals surface area contributed by atoms with Crippen molar-refractivity contribution in [1.29, 1.82) is 0 Å². The van der Waals surface area contributed by atoms with Crippen LogP contribution < -0.4 is 5.32 Å². The number of carbonyl (C=O) groups excluding carboxylic acids is 1. The molecule has 0 aromatic heterocycles. The largest absolute Gasteiger partial charge is 0.466 e. The molecule has 5 nitrogen and oxygen atoms in total. The Kier molecular flexibility index (Phi) is 24.9. The summed E-state index contributed by atoms with van der Waals surface area (Å²) in [5.41, 5.74) is 1.99. The molecule has 0 fully saturated rings. The Morgan fingerprint density at radius 2 is 1.12 bits per heavy atom. The van der Waals surface area contributed by atoms with Crippen LogP contribution in [0.4, 0.5) is 0 Å². The molecule has 0 spiro atoms. The number of aryl methyl sites for hydroxylation is 2. The van der Waals surface area contributed by atoms with Crippen molar-refractivity contribution in [2.24, 2.45) is 0 Å². The Morgan fingerprint density at radius 1 is 0.643 bits per heavy atom. The Bertz CT molecular complexity index is 732. The summed E-state index contributed by atoms with van der Waals surface area (Å²) < 4.78 is 5.40. The monoisotopic (exact) mass is 590 g/mol. The number of hydrogen-bond acceptors (Lipinski definition) is 5. The first-order valence-corrected chi connectivity index (χ1v) is 17.8. The maximum Gasteiger partial charge on any atom is 0.305 e. The Hall–Kier alpha value is -1.43. The van der Waals surface area contributed by atoms with E-state index < -0.39 is 5.54 Å². The lowest BCUT2D eigenvalue weighted by molar-refractivity contribution is -0.143. The molecule has 1 aromatic carbocycles. The number of hydrogen-bond donors (Lipinski definition) is 3. The topological polar surface area (TPSA) is 78.8 Å². The van der Waals surface area contributed by atoms with Crippen molar-refractivity contribution in [3.8, 4) is 0 Å². The van der Waals surface area contributed by atoms with Crippen molar-refractivity contribution in [3.05, 3.63) is 35.4 Å². The van der Waals surface area contributed by atoms with E-state index >= 15 is 0 Å². The van der Waals surface area contributed by atoms with Gasteiger partial charge in [0.15, 0.2) is 0 Å². The third kappa shape index (κ3) is 20.5. The lowest BCUT2D eigenvalue weighted by atomic mass is 9.92. The maximum atomic E-state index is 12.0. The quantitative estimate of drug-likeness (QED) is 0.0617. The molecule has 1 aromatic rings. The number of rotatable bonds is 30. The van der Waals surface area contributed by atoms with E-state index in [0.29, 0.717) is 19.4 Å². The third-order valence-electron chi connectivity index (χ3n) is 8.66. The molecule has 42 heavy (non-hydrogen) atoms. The van der Waals surface area contributed by atoms with Gasteiger partial charge in [-0.1, -0.05) is 134 Å².